The number of likely N-dealkylation sites (N-methyl/N-ethyl adjacent to an activating group) is 2. The van der Waals surface area contributed by atoms with Crippen LogP contribution in [-0.4, -0.2) is 55.2 Å². The van der Waals surface area contributed by atoms with E-state index >= 15 is 0 Å². The summed E-state index contributed by atoms with van der Waals surface area (Å²) in [5, 5.41) is 0. The van der Waals surface area contributed by atoms with Gasteiger partial charge in [0.1, 0.15) is 0 Å². The molecule has 2 saturated heterocycles. The highest BCUT2D eigenvalue weighted by Gasteiger charge is 2.47. The molecule has 0 bridgehead atoms. The van der Waals surface area contributed by atoms with E-state index in [2.05, 4.69) is 11.9 Å². The van der Waals surface area contributed by atoms with Gasteiger partial charge in [0.15, 0.2) is 5.72 Å². The zero-order valence-electron chi connectivity index (χ0n) is 8.25. The lowest BCUT2D eigenvalue weighted by Gasteiger charge is -2.40. The van der Waals surface area contributed by atoms with Crippen molar-refractivity contribution in [2.24, 2.45) is 0 Å². The van der Waals surface area contributed by atoms with Crippen molar-refractivity contribution < 1.29 is 9.53 Å². The minimum Gasteiger partial charge on any atom is -0.441 e. The molecule has 0 aromatic carbocycles. The van der Waals surface area contributed by atoms with Crippen molar-refractivity contribution in [3.63, 3.8) is 0 Å². The molecular formula is C9H16N2O2. The molecule has 13 heavy (non-hydrogen) atoms. The van der Waals surface area contributed by atoms with Gasteiger partial charge in [0.05, 0.1) is 13.1 Å². The number of carbonyl (C=O) groups excluding carboxylic acids is 1. The highest BCUT2D eigenvalue weighted by Crippen LogP contribution is 2.31. The van der Waals surface area contributed by atoms with Gasteiger partial charge in [-0.15, -0.1) is 0 Å². The molecule has 1 atom stereocenters. The van der Waals surface area contributed by atoms with E-state index in [1.165, 1.54) is 0 Å². The maximum Gasteiger partial charge on any atom is 0.322 e. The highest BCUT2D eigenvalue weighted by atomic mass is 16.6. The second-order valence-corrected chi connectivity index (χ2v) is 4.12. The SMILES string of the molecule is CN1CCCC2(C1)OC(=O)CN2C. The molecular weight excluding hydrogens is 168 g/mol. The number of ether oxygens (including phenoxy) is 1. The van der Waals surface area contributed by atoms with Gasteiger partial charge in [-0.05, 0) is 27.1 Å². The number of rotatable bonds is 0. The van der Waals surface area contributed by atoms with Crippen LogP contribution in [0.4, 0.5) is 0 Å². The molecule has 0 aromatic heterocycles. The molecule has 4 nitrogen and oxygen atoms in total. The third kappa shape index (κ3) is 1.44. The monoisotopic (exact) mass is 184 g/mol. The molecule has 4 heteroatoms. The highest BCUT2D eigenvalue weighted by molar-refractivity contribution is 5.74. The van der Waals surface area contributed by atoms with E-state index in [0.717, 1.165) is 25.9 Å². The van der Waals surface area contributed by atoms with Gasteiger partial charge in [-0.3, -0.25) is 9.69 Å². The Balaban J connectivity index is 2.14. The first-order valence-electron chi connectivity index (χ1n) is 4.74. The lowest BCUT2D eigenvalue weighted by atomic mass is 10.0. The topological polar surface area (TPSA) is 32.8 Å². The lowest BCUT2D eigenvalue weighted by molar-refractivity contribution is -0.160. The van der Waals surface area contributed by atoms with Crippen LogP contribution in [0.1, 0.15) is 12.8 Å². The van der Waals surface area contributed by atoms with Gasteiger partial charge in [-0.25, -0.2) is 0 Å². The van der Waals surface area contributed by atoms with Crippen LogP contribution < -0.4 is 0 Å². The van der Waals surface area contributed by atoms with Crippen LogP contribution in [-0.2, 0) is 9.53 Å². The number of hydrogen-bond acceptors (Lipinski definition) is 4. The maximum atomic E-state index is 11.2. The Labute approximate surface area is 78.4 Å². The average Bonchev–Trinajstić information content (AvgIpc) is 2.26. The van der Waals surface area contributed by atoms with Crippen LogP contribution in [0.2, 0.25) is 0 Å². The van der Waals surface area contributed by atoms with Crippen molar-refractivity contribution in [3.05, 3.63) is 0 Å². The Morgan fingerprint density at radius 2 is 2.23 bits per heavy atom. The molecule has 0 amide bonds. The standard InChI is InChI=1S/C9H16N2O2/c1-10-5-3-4-9(7-10)11(2)6-8(12)13-9/h3-7H2,1-2H3. The fourth-order valence-electron chi connectivity index (χ4n) is 2.26. The molecule has 0 N–H and O–H groups in total. The summed E-state index contributed by atoms with van der Waals surface area (Å²) in [7, 11) is 4.03. The first-order chi connectivity index (χ1) is 6.12. The maximum absolute atomic E-state index is 11.2. The van der Waals surface area contributed by atoms with Crippen molar-refractivity contribution in [1.82, 2.24) is 9.80 Å². The predicted octanol–water partition coefficient (Wildman–Crippen LogP) is -0.103. The third-order valence-corrected chi connectivity index (χ3v) is 2.99. The summed E-state index contributed by atoms with van der Waals surface area (Å²) < 4.78 is 5.42. The smallest absolute Gasteiger partial charge is 0.322 e. The van der Waals surface area contributed by atoms with Gasteiger partial charge in [0.2, 0.25) is 0 Å². The fraction of sp³-hybridized carbons (Fsp3) is 0.889. The van der Waals surface area contributed by atoms with Crippen LogP contribution in [0.15, 0.2) is 0 Å². The lowest BCUT2D eigenvalue weighted by Crippen LogP contribution is -2.54. The van der Waals surface area contributed by atoms with Crippen molar-refractivity contribution in [3.8, 4) is 0 Å². The van der Waals surface area contributed by atoms with Gasteiger partial charge in [0.25, 0.3) is 0 Å². The van der Waals surface area contributed by atoms with Crippen LogP contribution in [0.25, 0.3) is 0 Å². The molecule has 74 valence electrons. The molecule has 1 unspecified atom stereocenters. The van der Waals surface area contributed by atoms with Crippen LogP contribution in [0.3, 0.4) is 0 Å². The van der Waals surface area contributed by atoms with Gasteiger partial charge < -0.3 is 9.64 Å². The van der Waals surface area contributed by atoms with Crippen LogP contribution >= 0.6 is 0 Å². The summed E-state index contributed by atoms with van der Waals surface area (Å²) in [5.74, 6) is -0.0854. The minimum absolute atomic E-state index is 0.0854. The number of esters is 1. The Morgan fingerprint density at radius 3 is 2.77 bits per heavy atom. The largest absolute Gasteiger partial charge is 0.441 e. The molecule has 0 aromatic rings. The van der Waals surface area contributed by atoms with Crippen LogP contribution in [0, 0.1) is 0 Å². The molecule has 2 aliphatic rings. The van der Waals surface area contributed by atoms with Gasteiger partial charge in [-0.1, -0.05) is 0 Å². The zero-order chi connectivity index (χ0) is 9.47. The normalized spacial score (nSPS) is 36.9. The van der Waals surface area contributed by atoms with Crippen molar-refractivity contribution in [2.45, 2.75) is 18.6 Å². The molecule has 2 rings (SSSR count). The summed E-state index contributed by atoms with van der Waals surface area (Å²) in [6.07, 6.45) is 2.08. The van der Waals surface area contributed by atoms with E-state index in [-0.39, 0.29) is 11.7 Å². The zero-order valence-corrected chi connectivity index (χ0v) is 8.25. The Morgan fingerprint density at radius 1 is 1.46 bits per heavy atom. The number of carbonyl (C=O) groups is 1. The number of nitrogens with zero attached hydrogens (tertiary/aromatic N) is 2. The van der Waals surface area contributed by atoms with Crippen molar-refractivity contribution >= 4 is 5.97 Å². The Kier molecular flexibility index (Phi) is 2.04. The molecule has 0 radical (unpaired) electrons. The first kappa shape index (κ1) is 8.97. The van der Waals surface area contributed by atoms with Crippen molar-refractivity contribution in [1.29, 1.82) is 0 Å². The van der Waals surface area contributed by atoms with Gasteiger partial charge in [-0.2, -0.15) is 0 Å². The molecule has 2 aliphatic heterocycles. The van der Waals surface area contributed by atoms with E-state index in [4.69, 9.17) is 4.74 Å². The molecule has 0 saturated carbocycles. The minimum atomic E-state index is -0.315. The van der Waals surface area contributed by atoms with Gasteiger partial charge in [0, 0.05) is 6.42 Å². The fourth-order valence-corrected chi connectivity index (χ4v) is 2.26. The summed E-state index contributed by atoms with van der Waals surface area (Å²) in [6.45, 7) is 2.39. The number of likely N-dealkylation sites (tertiary alicyclic amines) is 1. The van der Waals surface area contributed by atoms with E-state index in [1.807, 2.05) is 11.9 Å². The average molecular weight is 184 g/mol. The van der Waals surface area contributed by atoms with E-state index in [0.29, 0.717) is 6.54 Å². The van der Waals surface area contributed by atoms with E-state index < -0.39 is 0 Å². The summed E-state index contributed by atoms with van der Waals surface area (Å²) >= 11 is 0. The Bertz CT molecular complexity index is 232. The van der Waals surface area contributed by atoms with Gasteiger partial charge >= 0.3 is 5.97 Å². The molecule has 1 spiro atoms. The molecule has 2 fully saturated rings. The first-order valence-corrected chi connectivity index (χ1v) is 4.74. The number of hydrogen-bond donors (Lipinski definition) is 0. The Hall–Kier alpha value is -0.610. The second kappa shape index (κ2) is 2.96. The molecule has 2 heterocycles. The third-order valence-electron chi connectivity index (χ3n) is 2.99. The van der Waals surface area contributed by atoms with E-state index in [1.54, 1.807) is 0 Å². The van der Waals surface area contributed by atoms with Crippen molar-refractivity contribution in [2.75, 3.05) is 33.7 Å². The summed E-state index contributed by atoms with van der Waals surface area (Å²) in [4.78, 5) is 15.4. The number of piperidine rings is 1. The summed E-state index contributed by atoms with van der Waals surface area (Å²) in [6, 6.07) is 0. The van der Waals surface area contributed by atoms with Crippen LogP contribution in [0.5, 0.6) is 0 Å². The summed E-state index contributed by atoms with van der Waals surface area (Å²) in [5.41, 5.74) is -0.315. The quantitative estimate of drug-likeness (QED) is 0.492. The second-order valence-electron chi connectivity index (χ2n) is 4.12. The van der Waals surface area contributed by atoms with E-state index in [9.17, 15) is 4.79 Å². The molecule has 0 aliphatic carbocycles. The predicted molar refractivity (Wildman–Crippen MR) is 48.2 cm³/mol.